The summed E-state index contributed by atoms with van der Waals surface area (Å²) in [6.45, 7) is 8.44. The van der Waals surface area contributed by atoms with E-state index in [9.17, 15) is 0 Å². The van der Waals surface area contributed by atoms with E-state index in [0.717, 1.165) is 12.1 Å². The molecule has 0 N–H and O–H groups in total. The number of hydrogen-bond acceptors (Lipinski definition) is 1. The van der Waals surface area contributed by atoms with Crippen LogP contribution in [0.15, 0.2) is 0 Å². The van der Waals surface area contributed by atoms with Crippen LogP contribution in [0.1, 0.15) is 65.7 Å². The van der Waals surface area contributed by atoms with E-state index in [1.54, 1.807) is 0 Å². The van der Waals surface area contributed by atoms with Gasteiger partial charge in [-0.15, -0.1) is 0 Å². The van der Waals surface area contributed by atoms with Crippen LogP contribution >= 0.6 is 0 Å². The van der Waals surface area contributed by atoms with Gasteiger partial charge in [-0.1, -0.05) is 32.6 Å². The molecule has 84 valence electrons. The quantitative estimate of drug-likeness (QED) is 0.619. The van der Waals surface area contributed by atoms with Crippen LogP contribution in [0.3, 0.4) is 0 Å². The monoisotopic (exact) mass is 197 g/mol. The Balaban J connectivity index is 2.35. The number of hydrogen-bond donors (Lipinski definition) is 0. The van der Waals surface area contributed by atoms with Crippen LogP contribution in [-0.2, 0) is 0 Å². The Morgan fingerprint density at radius 1 is 1.00 bits per heavy atom. The first kappa shape index (κ1) is 12.0. The van der Waals surface area contributed by atoms with Crippen molar-refractivity contribution >= 4 is 0 Å². The Hall–Kier alpha value is -0.0400. The first-order valence-corrected chi connectivity index (χ1v) is 6.51. The molecule has 2 unspecified atom stereocenters. The molecule has 1 rings (SSSR count). The standard InChI is InChI=1S/C13H27N/c1-4-5-8-11-14-12(2)9-6-7-10-13(14)3/h12-13H,4-11H2,1-3H3. The molecular formula is C13H27N. The molecule has 1 heterocycles. The van der Waals surface area contributed by atoms with Gasteiger partial charge in [0, 0.05) is 12.1 Å². The molecule has 1 aliphatic heterocycles. The van der Waals surface area contributed by atoms with Crippen molar-refractivity contribution in [1.29, 1.82) is 0 Å². The van der Waals surface area contributed by atoms with Crippen molar-refractivity contribution in [3.63, 3.8) is 0 Å². The zero-order valence-electron chi connectivity index (χ0n) is 10.3. The normalized spacial score (nSPS) is 30.2. The molecule has 1 aliphatic rings. The molecule has 2 atom stereocenters. The Labute approximate surface area is 89.9 Å². The Bertz CT molecular complexity index is 132. The Kier molecular flexibility index (Phi) is 5.54. The molecule has 1 fully saturated rings. The fraction of sp³-hybridized carbons (Fsp3) is 1.00. The second kappa shape index (κ2) is 6.44. The average Bonchev–Trinajstić information content (AvgIpc) is 2.32. The highest BCUT2D eigenvalue weighted by Crippen LogP contribution is 2.22. The molecule has 0 amide bonds. The van der Waals surface area contributed by atoms with Gasteiger partial charge >= 0.3 is 0 Å². The van der Waals surface area contributed by atoms with E-state index in [4.69, 9.17) is 0 Å². The zero-order valence-corrected chi connectivity index (χ0v) is 10.3. The first-order valence-electron chi connectivity index (χ1n) is 6.51. The summed E-state index contributed by atoms with van der Waals surface area (Å²) < 4.78 is 0. The molecule has 0 aromatic carbocycles. The summed E-state index contributed by atoms with van der Waals surface area (Å²) in [5.41, 5.74) is 0. The van der Waals surface area contributed by atoms with Crippen LogP contribution in [0.4, 0.5) is 0 Å². The van der Waals surface area contributed by atoms with Crippen molar-refractivity contribution in [1.82, 2.24) is 4.90 Å². The molecule has 0 aromatic heterocycles. The van der Waals surface area contributed by atoms with Crippen LogP contribution in [0, 0.1) is 0 Å². The topological polar surface area (TPSA) is 3.24 Å². The summed E-state index contributed by atoms with van der Waals surface area (Å²) in [5.74, 6) is 0. The molecule has 0 aromatic rings. The largest absolute Gasteiger partial charge is 0.298 e. The highest BCUT2D eigenvalue weighted by molar-refractivity contribution is 4.77. The fourth-order valence-corrected chi connectivity index (χ4v) is 2.63. The minimum Gasteiger partial charge on any atom is -0.298 e. The summed E-state index contributed by atoms with van der Waals surface area (Å²) >= 11 is 0. The number of likely N-dealkylation sites (tertiary alicyclic amines) is 1. The second-order valence-corrected chi connectivity index (χ2v) is 4.93. The van der Waals surface area contributed by atoms with Crippen LogP contribution < -0.4 is 0 Å². The van der Waals surface area contributed by atoms with Gasteiger partial charge < -0.3 is 0 Å². The molecule has 1 heteroatoms. The first-order chi connectivity index (χ1) is 6.75. The van der Waals surface area contributed by atoms with Crippen LogP contribution in [0.2, 0.25) is 0 Å². The third-order valence-corrected chi connectivity index (χ3v) is 3.65. The summed E-state index contributed by atoms with van der Waals surface area (Å²) in [6, 6.07) is 1.65. The van der Waals surface area contributed by atoms with Crippen molar-refractivity contribution in [2.24, 2.45) is 0 Å². The maximum Gasteiger partial charge on any atom is 0.00697 e. The smallest absolute Gasteiger partial charge is 0.00697 e. The number of rotatable bonds is 4. The second-order valence-electron chi connectivity index (χ2n) is 4.93. The van der Waals surface area contributed by atoms with Crippen molar-refractivity contribution in [2.75, 3.05) is 6.54 Å². The lowest BCUT2D eigenvalue weighted by atomic mass is 10.1. The lowest BCUT2D eigenvalue weighted by Crippen LogP contribution is -2.39. The van der Waals surface area contributed by atoms with Gasteiger partial charge in [0.15, 0.2) is 0 Å². The predicted molar refractivity (Wildman–Crippen MR) is 63.6 cm³/mol. The van der Waals surface area contributed by atoms with Gasteiger partial charge in [-0.05, 0) is 39.7 Å². The summed E-state index contributed by atoms with van der Waals surface area (Å²) in [7, 11) is 0. The molecule has 14 heavy (non-hydrogen) atoms. The molecule has 0 spiro atoms. The molecule has 0 bridgehead atoms. The van der Waals surface area contributed by atoms with E-state index in [-0.39, 0.29) is 0 Å². The van der Waals surface area contributed by atoms with Crippen LogP contribution in [-0.4, -0.2) is 23.5 Å². The fourth-order valence-electron chi connectivity index (χ4n) is 2.63. The van der Waals surface area contributed by atoms with Gasteiger partial charge in [0.1, 0.15) is 0 Å². The zero-order chi connectivity index (χ0) is 10.4. The number of nitrogens with zero attached hydrogens (tertiary/aromatic N) is 1. The van der Waals surface area contributed by atoms with E-state index in [2.05, 4.69) is 25.7 Å². The molecule has 0 radical (unpaired) electrons. The molecule has 0 saturated carbocycles. The predicted octanol–water partition coefficient (Wildman–Crippen LogP) is 3.83. The van der Waals surface area contributed by atoms with Crippen LogP contribution in [0.5, 0.6) is 0 Å². The maximum absolute atomic E-state index is 2.74. The minimum absolute atomic E-state index is 0.823. The van der Waals surface area contributed by atoms with Gasteiger partial charge in [0.25, 0.3) is 0 Å². The van der Waals surface area contributed by atoms with Gasteiger partial charge in [-0.3, -0.25) is 4.90 Å². The Morgan fingerprint density at radius 2 is 1.57 bits per heavy atom. The van der Waals surface area contributed by atoms with Crippen molar-refractivity contribution in [2.45, 2.75) is 77.8 Å². The minimum atomic E-state index is 0.823. The third kappa shape index (κ3) is 3.61. The van der Waals surface area contributed by atoms with Crippen molar-refractivity contribution in [3.8, 4) is 0 Å². The highest BCUT2D eigenvalue weighted by Gasteiger charge is 2.21. The maximum atomic E-state index is 2.74. The van der Waals surface area contributed by atoms with E-state index >= 15 is 0 Å². The van der Waals surface area contributed by atoms with Crippen molar-refractivity contribution < 1.29 is 0 Å². The van der Waals surface area contributed by atoms with Gasteiger partial charge in [0.2, 0.25) is 0 Å². The molecule has 0 aliphatic carbocycles. The van der Waals surface area contributed by atoms with Gasteiger partial charge in [-0.25, -0.2) is 0 Å². The SMILES string of the molecule is CCCCCN1C(C)CCCCC1C. The van der Waals surface area contributed by atoms with Crippen molar-refractivity contribution in [3.05, 3.63) is 0 Å². The summed E-state index contributed by atoms with van der Waals surface area (Å²) in [6.07, 6.45) is 9.84. The van der Waals surface area contributed by atoms with Gasteiger partial charge in [-0.2, -0.15) is 0 Å². The average molecular weight is 197 g/mol. The highest BCUT2D eigenvalue weighted by atomic mass is 15.2. The lowest BCUT2D eigenvalue weighted by molar-refractivity contribution is 0.153. The third-order valence-electron chi connectivity index (χ3n) is 3.65. The van der Waals surface area contributed by atoms with E-state index in [1.165, 1.54) is 51.5 Å². The molecular weight excluding hydrogens is 170 g/mol. The van der Waals surface area contributed by atoms with E-state index < -0.39 is 0 Å². The molecule has 1 nitrogen and oxygen atoms in total. The molecule has 1 saturated heterocycles. The summed E-state index contributed by atoms with van der Waals surface area (Å²) in [5, 5.41) is 0. The van der Waals surface area contributed by atoms with Crippen LogP contribution in [0.25, 0.3) is 0 Å². The summed E-state index contributed by atoms with van der Waals surface area (Å²) in [4.78, 5) is 2.74. The van der Waals surface area contributed by atoms with Gasteiger partial charge in [0.05, 0.1) is 0 Å². The lowest BCUT2D eigenvalue weighted by Gasteiger charge is -2.32. The van der Waals surface area contributed by atoms with E-state index in [1.807, 2.05) is 0 Å². The Morgan fingerprint density at radius 3 is 2.07 bits per heavy atom. The number of unbranched alkanes of at least 4 members (excludes halogenated alkanes) is 2. The van der Waals surface area contributed by atoms with E-state index in [0.29, 0.717) is 0 Å².